The molecule has 1 heterocycles. The Morgan fingerprint density at radius 3 is 2.70 bits per heavy atom. The molecule has 0 spiro atoms. The molecule has 0 fully saturated rings. The molecule has 1 aromatic carbocycles. The number of nitrogens with one attached hydrogen (secondary N) is 1. The monoisotopic (exact) mass is 346 g/mol. The van der Waals surface area contributed by atoms with E-state index in [9.17, 15) is 4.79 Å². The molecule has 0 unspecified atom stereocenters. The zero-order chi connectivity index (χ0) is 14.5. The van der Waals surface area contributed by atoms with Crippen molar-refractivity contribution < 1.29 is 4.79 Å². The Kier molecular flexibility index (Phi) is 4.72. The van der Waals surface area contributed by atoms with Crippen molar-refractivity contribution in [2.24, 2.45) is 0 Å². The number of carbonyl (C=O) groups is 1. The van der Waals surface area contributed by atoms with Gasteiger partial charge in [-0.25, -0.2) is 0 Å². The van der Waals surface area contributed by atoms with E-state index in [1.165, 1.54) is 0 Å². The lowest BCUT2D eigenvalue weighted by Crippen LogP contribution is -2.13. The Bertz CT molecular complexity index is 713. The van der Waals surface area contributed by atoms with Crippen LogP contribution in [0.15, 0.2) is 46.4 Å². The highest BCUT2D eigenvalue weighted by Crippen LogP contribution is 2.23. The van der Waals surface area contributed by atoms with Gasteiger partial charge >= 0.3 is 0 Å². The SMILES string of the molecule is Cc1ccc(C=C(C#N)C(=O)Nc2ccccc2Br)s1. The van der Waals surface area contributed by atoms with Gasteiger partial charge in [-0.3, -0.25) is 4.79 Å². The number of benzene rings is 1. The molecular weight excluding hydrogens is 336 g/mol. The maximum absolute atomic E-state index is 12.1. The van der Waals surface area contributed by atoms with E-state index in [-0.39, 0.29) is 5.57 Å². The predicted octanol–water partition coefficient (Wildman–Crippen LogP) is 4.36. The highest BCUT2D eigenvalue weighted by Gasteiger charge is 2.11. The molecule has 100 valence electrons. The summed E-state index contributed by atoms with van der Waals surface area (Å²) in [6.07, 6.45) is 1.60. The molecule has 0 aliphatic carbocycles. The summed E-state index contributed by atoms with van der Waals surface area (Å²) >= 11 is 4.89. The maximum atomic E-state index is 12.1. The maximum Gasteiger partial charge on any atom is 0.266 e. The van der Waals surface area contributed by atoms with E-state index in [0.29, 0.717) is 5.69 Å². The Balaban J connectivity index is 2.21. The zero-order valence-corrected chi connectivity index (χ0v) is 13.1. The molecule has 0 aliphatic heterocycles. The summed E-state index contributed by atoms with van der Waals surface area (Å²) in [7, 11) is 0. The number of anilines is 1. The minimum Gasteiger partial charge on any atom is -0.320 e. The minimum absolute atomic E-state index is 0.0857. The summed E-state index contributed by atoms with van der Waals surface area (Å²) < 4.78 is 0.776. The highest BCUT2D eigenvalue weighted by molar-refractivity contribution is 9.10. The zero-order valence-electron chi connectivity index (χ0n) is 10.7. The van der Waals surface area contributed by atoms with Gasteiger partial charge in [0.15, 0.2) is 0 Å². The average Bonchev–Trinajstić information content (AvgIpc) is 2.84. The Hall–Kier alpha value is -1.90. The third kappa shape index (κ3) is 3.56. The standard InChI is InChI=1S/C15H11BrN2OS/c1-10-6-7-12(20-10)8-11(9-17)15(19)18-14-5-3-2-4-13(14)16/h2-8H,1H3,(H,18,19). The molecule has 0 aliphatic rings. The third-order valence-electron chi connectivity index (χ3n) is 2.53. The van der Waals surface area contributed by atoms with Gasteiger partial charge in [0.2, 0.25) is 0 Å². The lowest BCUT2D eigenvalue weighted by molar-refractivity contribution is -0.112. The van der Waals surface area contributed by atoms with Gasteiger partial charge in [0, 0.05) is 14.2 Å². The van der Waals surface area contributed by atoms with Crippen molar-refractivity contribution in [3.8, 4) is 6.07 Å². The quantitative estimate of drug-likeness (QED) is 0.662. The van der Waals surface area contributed by atoms with E-state index >= 15 is 0 Å². The van der Waals surface area contributed by atoms with Crippen molar-refractivity contribution in [1.82, 2.24) is 0 Å². The summed E-state index contributed by atoms with van der Waals surface area (Å²) in [6, 6.07) is 13.1. The molecule has 3 nitrogen and oxygen atoms in total. The van der Waals surface area contributed by atoms with Crippen LogP contribution >= 0.6 is 27.3 Å². The summed E-state index contributed by atoms with van der Waals surface area (Å²) in [5.41, 5.74) is 0.726. The number of thiophene rings is 1. The first-order chi connectivity index (χ1) is 9.60. The van der Waals surface area contributed by atoms with Gasteiger partial charge < -0.3 is 5.32 Å². The lowest BCUT2D eigenvalue weighted by atomic mass is 10.2. The van der Waals surface area contributed by atoms with Crippen LogP contribution in [0.2, 0.25) is 0 Å². The number of hydrogen-bond donors (Lipinski definition) is 1. The van der Waals surface area contributed by atoms with Crippen LogP contribution in [0.5, 0.6) is 0 Å². The normalized spacial score (nSPS) is 10.9. The highest BCUT2D eigenvalue weighted by atomic mass is 79.9. The molecule has 0 saturated heterocycles. The molecule has 0 bridgehead atoms. The molecule has 0 radical (unpaired) electrons. The largest absolute Gasteiger partial charge is 0.320 e. The second kappa shape index (κ2) is 6.51. The van der Waals surface area contributed by atoms with Crippen molar-refractivity contribution in [3.05, 3.63) is 56.2 Å². The van der Waals surface area contributed by atoms with Gasteiger partial charge in [-0.2, -0.15) is 5.26 Å². The van der Waals surface area contributed by atoms with Crippen LogP contribution in [-0.2, 0) is 4.79 Å². The van der Waals surface area contributed by atoms with Crippen molar-refractivity contribution in [2.45, 2.75) is 6.92 Å². The molecule has 1 N–H and O–H groups in total. The number of hydrogen-bond acceptors (Lipinski definition) is 3. The fourth-order valence-electron chi connectivity index (χ4n) is 1.57. The summed E-state index contributed by atoms with van der Waals surface area (Å²) in [5.74, 6) is -0.412. The summed E-state index contributed by atoms with van der Waals surface area (Å²) in [5, 5.41) is 11.8. The van der Waals surface area contributed by atoms with Crippen LogP contribution in [0.4, 0.5) is 5.69 Å². The number of nitrogens with zero attached hydrogens (tertiary/aromatic N) is 1. The topological polar surface area (TPSA) is 52.9 Å². The van der Waals surface area contributed by atoms with Crippen LogP contribution in [0.3, 0.4) is 0 Å². The van der Waals surface area contributed by atoms with Crippen molar-refractivity contribution in [1.29, 1.82) is 5.26 Å². The van der Waals surface area contributed by atoms with Gasteiger partial charge in [0.25, 0.3) is 5.91 Å². The van der Waals surface area contributed by atoms with Gasteiger partial charge in [0.05, 0.1) is 5.69 Å². The fraction of sp³-hybridized carbons (Fsp3) is 0.0667. The number of halogens is 1. The minimum atomic E-state index is -0.412. The first-order valence-electron chi connectivity index (χ1n) is 5.84. The fourth-order valence-corrected chi connectivity index (χ4v) is 2.78. The smallest absolute Gasteiger partial charge is 0.266 e. The molecule has 0 atom stereocenters. The number of aryl methyl sites for hydroxylation is 1. The Morgan fingerprint density at radius 1 is 1.35 bits per heavy atom. The average molecular weight is 347 g/mol. The van der Waals surface area contributed by atoms with Gasteiger partial charge in [-0.05, 0) is 53.2 Å². The first-order valence-corrected chi connectivity index (χ1v) is 7.45. The lowest BCUT2D eigenvalue weighted by Gasteiger charge is -2.05. The molecule has 0 saturated carbocycles. The molecular formula is C15H11BrN2OS. The van der Waals surface area contributed by atoms with E-state index in [1.54, 1.807) is 23.5 Å². The third-order valence-corrected chi connectivity index (χ3v) is 4.17. The molecule has 1 amide bonds. The predicted molar refractivity (Wildman–Crippen MR) is 85.4 cm³/mol. The molecule has 2 aromatic rings. The number of amides is 1. The summed E-state index contributed by atoms with van der Waals surface area (Å²) in [6.45, 7) is 1.98. The second-order valence-electron chi connectivity index (χ2n) is 4.05. The Morgan fingerprint density at radius 2 is 2.10 bits per heavy atom. The number of para-hydroxylation sites is 1. The molecule has 5 heteroatoms. The Labute approximate surface area is 129 Å². The van der Waals surface area contributed by atoms with Crippen molar-refractivity contribution >= 4 is 44.9 Å². The van der Waals surface area contributed by atoms with Gasteiger partial charge in [-0.15, -0.1) is 11.3 Å². The van der Waals surface area contributed by atoms with Crippen LogP contribution in [-0.4, -0.2) is 5.91 Å². The second-order valence-corrected chi connectivity index (χ2v) is 6.23. The van der Waals surface area contributed by atoms with Gasteiger partial charge in [-0.1, -0.05) is 12.1 Å². The van der Waals surface area contributed by atoms with Crippen LogP contribution in [0.1, 0.15) is 9.75 Å². The summed E-state index contributed by atoms with van der Waals surface area (Å²) in [4.78, 5) is 14.1. The number of carbonyl (C=O) groups excluding carboxylic acids is 1. The number of nitriles is 1. The van der Waals surface area contributed by atoms with E-state index < -0.39 is 5.91 Å². The van der Waals surface area contributed by atoms with E-state index in [2.05, 4.69) is 21.2 Å². The number of rotatable bonds is 3. The van der Waals surface area contributed by atoms with Gasteiger partial charge in [0.1, 0.15) is 11.6 Å². The van der Waals surface area contributed by atoms with E-state index in [1.807, 2.05) is 43.3 Å². The molecule has 2 rings (SSSR count). The van der Waals surface area contributed by atoms with Crippen molar-refractivity contribution in [2.75, 3.05) is 5.32 Å². The van der Waals surface area contributed by atoms with E-state index in [0.717, 1.165) is 14.2 Å². The first kappa shape index (κ1) is 14.5. The van der Waals surface area contributed by atoms with Crippen LogP contribution < -0.4 is 5.32 Å². The van der Waals surface area contributed by atoms with Crippen molar-refractivity contribution in [3.63, 3.8) is 0 Å². The van der Waals surface area contributed by atoms with Crippen LogP contribution in [0.25, 0.3) is 6.08 Å². The van der Waals surface area contributed by atoms with Crippen LogP contribution in [0, 0.1) is 18.3 Å². The molecule has 20 heavy (non-hydrogen) atoms. The van der Waals surface area contributed by atoms with E-state index in [4.69, 9.17) is 5.26 Å². The molecule has 1 aromatic heterocycles.